The predicted molar refractivity (Wildman–Crippen MR) is 158 cm³/mol. The number of benzene rings is 3. The maximum absolute atomic E-state index is 13.4. The molecule has 3 aromatic carbocycles. The van der Waals surface area contributed by atoms with E-state index in [1.54, 1.807) is 67.6 Å². The summed E-state index contributed by atoms with van der Waals surface area (Å²) in [6, 6.07) is 19.2. The van der Waals surface area contributed by atoms with Crippen LogP contribution in [0.4, 0.5) is 11.4 Å². The van der Waals surface area contributed by atoms with Crippen LogP contribution in [0.1, 0.15) is 23.0 Å². The smallest absolute Gasteiger partial charge is 0.354 e. The van der Waals surface area contributed by atoms with E-state index in [1.165, 1.54) is 17.1 Å². The van der Waals surface area contributed by atoms with E-state index in [4.69, 9.17) is 16.3 Å². The normalized spacial score (nSPS) is 11.5. The first-order valence-electron chi connectivity index (χ1n) is 13.1. The lowest BCUT2D eigenvalue weighted by atomic mass is 10.0. The third-order valence-electron chi connectivity index (χ3n) is 6.30. The molecule has 13 nitrogen and oxygen atoms in total. The third kappa shape index (κ3) is 7.02. The molecule has 0 bridgehead atoms. The van der Waals surface area contributed by atoms with Gasteiger partial charge in [0.1, 0.15) is 18.1 Å². The largest absolute Gasteiger partial charge is 0.461 e. The Labute approximate surface area is 249 Å². The van der Waals surface area contributed by atoms with Crippen molar-refractivity contribution in [3.63, 3.8) is 0 Å². The van der Waals surface area contributed by atoms with E-state index in [0.717, 1.165) is 5.56 Å². The fourth-order valence-corrected chi connectivity index (χ4v) is 4.47. The zero-order valence-electron chi connectivity index (χ0n) is 22.7. The average Bonchev–Trinajstić information content (AvgIpc) is 3.68. The third-order valence-corrected chi connectivity index (χ3v) is 6.53. The summed E-state index contributed by atoms with van der Waals surface area (Å²) < 4.78 is 6.33. The van der Waals surface area contributed by atoms with Gasteiger partial charge in [0, 0.05) is 28.0 Å². The first-order valence-corrected chi connectivity index (χ1v) is 13.5. The molecule has 14 heteroatoms. The summed E-state index contributed by atoms with van der Waals surface area (Å²) in [5.74, 6) is -3.11. The SMILES string of the molecule is CCOC(=O)c1cc2cc(NC(=O)[C@H](Cc3ccccc3)NC(=O)C(=O)Nc3cc(Cl)ccc3-n3cnnn3)ccc2[nH]1. The number of hydrogen-bond acceptors (Lipinski definition) is 8. The van der Waals surface area contributed by atoms with Crippen LogP contribution in [0.25, 0.3) is 16.6 Å². The van der Waals surface area contributed by atoms with Gasteiger partial charge in [0.2, 0.25) is 5.91 Å². The van der Waals surface area contributed by atoms with Gasteiger partial charge in [-0.15, -0.1) is 5.10 Å². The molecule has 43 heavy (non-hydrogen) atoms. The number of aromatic nitrogens is 5. The van der Waals surface area contributed by atoms with Crippen LogP contribution in [-0.2, 0) is 25.5 Å². The quantitative estimate of drug-likeness (QED) is 0.147. The molecule has 0 radical (unpaired) electrons. The van der Waals surface area contributed by atoms with E-state index < -0.39 is 29.7 Å². The Kier molecular flexibility index (Phi) is 8.72. The van der Waals surface area contributed by atoms with Gasteiger partial charge in [0.15, 0.2) is 0 Å². The number of hydrogen-bond donors (Lipinski definition) is 4. The Hall–Kier alpha value is -5.56. The zero-order valence-corrected chi connectivity index (χ0v) is 23.5. The molecule has 0 unspecified atom stereocenters. The highest BCUT2D eigenvalue weighted by Crippen LogP contribution is 2.24. The number of rotatable bonds is 9. The molecule has 0 aliphatic heterocycles. The molecule has 218 valence electrons. The molecule has 1 atom stereocenters. The van der Waals surface area contributed by atoms with Crippen LogP contribution < -0.4 is 16.0 Å². The molecule has 0 aliphatic rings. The number of esters is 1. The van der Waals surface area contributed by atoms with Gasteiger partial charge in [0.05, 0.1) is 18.0 Å². The highest BCUT2D eigenvalue weighted by atomic mass is 35.5. The molecule has 0 aliphatic carbocycles. The number of anilines is 2. The summed E-state index contributed by atoms with van der Waals surface area (Å²) in [4.78, 5) is 54.5. The van der Waals surface area contributed by atoms with Gasteiger partial charge < -0.3 is 25.7 Å². The average molecular weight is 601 g/mol. The number of fused-ring (bicyclic) bond motifs is 1. The topological polar surface area (TPSA) is 173 Å². The number of ether oxygens (including phenoxy) is 1. The second kappa shape index (κ2) is 13.0. The Balaban J connectivity index is 1.33. The van der Waals surface area contributed by atoms with E-state index in [9.17, 15) is 19.2 Å². The molecule has 0 saturated carbocycles. The molecule has 5 aromatic rings. The van der Waals surface area contributed by atoms with E-state index in [1.807, 2.05) is 6.07 Å². The summed E-state index contributed by atoms with van der Waals surface area (Å²) in [6.07, 6.45) is 1.43. The Morgan fingerprint density at radius 1 is 0.977 bits per heavy atom. The monoisotopic (exact) mass is 600 g/mol. The second-order valence-corrected chi connectivity index (χ2v) is 9.72. The lowest BCUT2D eigenvalue weighted by Gasteiger charge is -2.19. The number of aromatic amines is 1. The number of halogens is 1. The van der Waals surface area contributed by atoms with Crippen molar-refractivity contribution in [1.29, 1.82) is 0 Å². The van der Waals surface area contributed by atoms with E-state index >= 15 is 0 Å². The standard InChI is InChI=1S/C29H25ClN8O5/c1-2-43-29(42)24-14-18-13-20(9-10-21(18)33-24)32-26(39)23(12-17-6-4-3-5-7-17)35-28(41)27(40)34-22-15-19(30)8-11-25(22)38-16-31-36-37-38/h3-11,13-16,23,33H,2,12H2,1H3,(H,32,39)(H,34,40)(H,35,41)/t23-/m0/s1. The maximum Gasteiger partial charge on any atom is 0.354 e. The molecule has 3 amide bonds. The van der Waals surface area contributed by atoms with Crippen molar-refractivity contribution in [2.75, 3.05) is 17.2 Å². The van der Waals surface area contributed by atoms with Crippen LogP contribution in [0.5, 0.6) is 0 Å². The van der Waals surface area contributed by atoms with Crippen molar-refractivity contribution >= 4 is 57.6 Å². The minimum absolute atomic E-state index is 0.109. The Morgan fingerprint density at radius 2 is 1.79 bits per heavy atom. The van der Waals surface area contributed by atoms with E-state index in [2.05, 4.69) is 36.5 Å². The summed E-state index contributed by atoms with van der Waals surface area (Å²) in [6.45, 7) is 1.95. The highest BCUT2D eigenvalue weighted by Gasteiger charge is 2.26. The fourth-order valence-electron chi connectivity index (χ4n) is 4.30. The van der Waals surface area contributed by atoms with Crippen molar-refractivity contribution in [2.24, 2.45) is 0 Å². The molecule has 5 rings (SSSR count). The van der Waals surface area contributed by atoms with Crippen molar-refractivity contribution in [3.8, 4) is 5.69 Å². The summed E-state index contributed by atoms with van der Waals surface area (Å²) >= 11 is 6.11. The second-order valence-electron chi connectivity index (χ2n) is 9.28. The van der Waals surface area contributed by atoms with Crippen LogP contribution >= 0.6 is 11.6 Å². The van der Waals surface area contributed by atoms with Crippen LogP contribution in [0.2, 0.25) is 5.02 Å². The van der Waals surface area contributed by atoms with Gasteiger partial charge in [-0.3, -0.25) is 14.4 Å². The van der Waals surface area contributed by atoms with E-state index in [0.29, 0.717) is 27.3 Å². The van der Waals surface area contributed by atoms with Crippen LogP contribution in [0.3, 0.4) is 0 Å². The summed E-state index contributed by atoms with van der Waals surface area (Å²) in [5.41, 5.74) is 2.71. The lowest BCUT2D eigenvalue weighted by molar-refractivity contribution is -0.137. The molecule has 4 N–H and O–H groups in total. The number of H-pyrrole nitrogens is 1. The van der Waals surface area contributed by atoms with Gasteiger partial charge in [-0.2, -0.15) is 4.68 Å². The van der Waals surface area contributed by atoms with Crippen molar-refractivity contribution in [1.82, 2.24) is 30.5 Å². The van der Waals surface area contributed by atoms with Gasteiger partial charge in [-0.25, -0.2) is 4.79 Å². The number of carbonyl (C=O) groups excluding carboxylic acids is 4. The number of nitrogens with one attached hydrogen (secondary N) is 4. The van der Waals surface area contributed by atoms with Crippen LogP contribution in [0, 0.1) is 0 Å². The molecule has 2 aromatic heterocycles. The fraction of sp³-hybridized carbons (Fsp3) is 0.138. The van der Waals surface area contributed by atoms with Crippen molar-refractivity contribution in [2.45, 2.75) is 19.4 Å². The van der Waals surface area contributed by atoms with Crippen molar-refractivity contribution in [3.05, 3.63) is 95.4 Å². The Morgan fingerprint density at radius 3 is 2.53 bits per heavy atom. The Bertz CT molecular complexity index is 1790. The minimum Gasteiger partial charge on any atom is -0.461 e. The molecule has 2 heterocycles. The van der Waals surface area contributed by atoms with Gasteiger partial charge in [0.25, 0.3) is 0 Å². The first kappa shape index (κ1) is 29.0. The van der Waals surface area contributed by atoms with Gasteiger partial charge in [-0.05, 0) is 65.4 Å². The van der Waals surface area contributed by atoms with Crippen LogP contribution in [0.15, 0.2) is 79.1 Å². The maximum atomic E-state index is 13.4. The molecule has 0 saturated heterocycles. The number of tetrazole rings is 1. The molecular formula is C29H25ClN8O5. The lowest BCUT2D eigenvalue weighted by Crippen LogP contribution is -2.49. The zero-order chi connectivity index (χ0) is 30.3. The highest BCUT2D eigenvalue weighted by molar-refractivity contribution is 6.40. The number of amides is 3. The van der Waals surface area contributed by atoms with Gasteiger partial charge in [-0.1, -0.05) is 41.9 Å². The minimum atomic E-state index is -1.11. The van der Waals surface area contributed by atoms with Gasteiger partial charge >= 0.3 is 17.8 Å². The predicted octanol–water partition coefficient (Wildman–Crippen LogP) is 3.28. The van der Waals surface area contributed by atoms with Crippen LogP contribution in [-0.4, -0.2) is 61.5 Å². The molecular weight excluding hydrogens is 576 g/mol. The first-order chi connectivity index (χ1) is 20.8. The number of nitrogens with zero attached hydrogens (tertiary/aromatic N) is 4. The summed E-state index contributed by atoms with van der Waals surface area (Å²) in [7, 11) is 0. The van der Waals surface area contributed by atoms with E-state index in [-0.39, 0.29) is 24.4 Å². The summed E-state index contributed by atoms with van der Waals surface area (Å²) in [5, 5.41) is 19.8. The molecule has 0 spiro atoms. The van der Waals surface area contributed by atoms with Crippen molar-refractivity contribution < 1.29 is 23.9 Å². The molecule has 0 fully saturated rings. The number of carbonyl (C=O) groups is 4.